The Bertz CT molecular complexity index is 1980. The van der Waals surface area contributed by atoms with Crippen LogP contribution in [0.1, 0.15) is 148 Å². The zero-order valence-corrected chi connectivity index (χ0v) is 33.0. The Hall–Kier alpha value is -4.20. The summed E-state index contributed by atoms with van der Waals surface area (Å²) in [6, 6.07) is 12.6. The van der Waals surface area contributed by atoms with Crippen LogP contribution in [0.4, 0.5) is 0 Å². The number of hydrogen-bond donors (Lipinski definition) is 3. The Morgan fingerprint density at radius 1 is 0.741 bits per heavy atom. The highest BCUT2D eigenvalue weighted by Gasteiger charge is 2.66. The molecule has 1 amide bonds. The molecule has 0 spiro atoms. The molecule has 8 heteroatoms. The third-order valence-electron chi connectivity index (χ3n) is 16.0. The third-order valence-corrected chi connectivity index (χ3v) is 16.0. The Labute approximate surface area is 319 Å². The van der Waals surface area contributed by atoms with E-state index in [2.05, 4.69) is 65.9 Å². The van der Waals surface area contributed by atoms with E-state index in [9.17, 15) is 29.4 Å². The highest BCUT2D eigenvalue weighted by Crippen LogP contribution is 2.74. The van der Waals surface area contributed by atoms with Crippen LogP contribution in [0.5, 0.6) is 0 Å². The average Bonchev–Trinajstić information content (AvgIpc) is 3.13. The molecule has 8 nitrogen and oxygen atoms in total. The lowest BCUT2D eigenvalue weighted by atomic mass is 9.35. The van der Waals surface area contributed by atoms with Crippen LogP contribution in [0.3, 0.4) is 0 Å². The topological polar surface area (TPSA) is 130 Å². The fourth-order valence-electron chi connectivity index (χ4n) is 12.4. The SMILES string of the molecule is CC1(C)[C@@H](NC(=O)c2ccccc2C(=O)O)CC[C@]2(C)[C@H]3C=CC4=C5C[C@@](C)(COC(=O)c6ccccc6C(=O)O)CC[C@]5(C)CC[C@@]4(C)[C@]3(C)CC[C@@H]12. The normalized spacial score (nSPS) is 36.5. The molecule has 2 aromatic carbocycles. The number of esters is 1. The van der Waals surface area contributed by atoms with Gasteiger partial charge in [0, 0.05) is 11.5 Å². The van der Waals surface area contributed by atoms with E-state index in [0.29, 0.717) is 11.8 Å². The van der Waals surface area contributed by atoms with Gasteiger partial charge in [-0.15, -0.1) is 0 Å². The number of ether oxygens (including phenoxy) is 1. The maximum atomic E-state index is 13.6. The van der Waals surface area contributed by atoms with Crippen molar-refractivity contribution in [2.24, 2.45) is 44.3 Å². The molecule has 3 fully saturated rings. The molecular weight excluding hydrogens is 679 g/mol. The molecule has 7 rings (SSSR count). The highest BCUT2D eigenvalue weighted by molar-refractivity contribution is 6.05. The Kier molecular flexibility index (Phi) is 9.13. The molecule has 2 aromatic rings. The van der Waals surface area contributed by atoms with Crippen LogP contribution in [-0.2, 0) is 4.74 Å². The minimum Gasteiger partial charge on any atom is -0.478 e. The minimum absolute atomic E-state index is 0.0225. The summed E-state index contributed by atoms with van der Waals surface area (Å²) in [6.45, 7) is 17.0. The van der Waals surface area contributed by atoms with E-state index >= 15 is 0 Å². The van der Waals surface area contributed by atoms with Crippen molar-refractivity contribution in [1.82, 2.24) is 5.32 Å². The zero-order valence-electron chi connectivity index (χ0n) is 33.0. The van der Waals surface area contributed by atoms with E-state index in [4.69, 9.17) is 4.74 Å². The summed E-state index contributed by atoms with van der Waals surface area (Å²) in [4.78, 5) is 50.5. The van der Waals surface area contributed by atoms with Gasteiger partial charge in [0.1, 0.15) is 0 Å². The molecule has 3 saturated carbocycles. The molecule has 0 radical (unpaired) electrons. The van der Waals surface area contributed by atoms with Gasteiger partial charge in [-0.2, -0.15) is 0 Å². The first-order chi connectivity index (χ1) is 25.3. The predicted molar refractivity (Wildman–Crippen MR) is 207 cm³/mol. The second-order valence-electron chi connectivity index (χ2n) is 19.3. The number of nitrogens with one attached hydrogen (secondary N) is 1. The predicted octanol–water partition coefficient (Wildman–Crippen LogP) is 9.76. The molecule has 5 aliphatic carbocycles. The number of amides is 1. The standard InChI is InChI=1S/C46H57NO7/c1-41(2)34-18-21-46(7)35(44(34,5)20-19-36(41)47-37(48)28-12-8-9-13-29(28)38(49)50)17-16-32-33-26-42(3,22-23-43(33,4)24-25-45(32,46)6)27-54-40(53)31-15-11-10-14-30(31)39(51)52/h8-17,34-36H,18-27H2,1-7H3,(H,47,48)(H,49,50)(H,51,52)/t34-,35+,36-,42-,43+,44-,45+,46+/m0/s1. The highest BCUT2D eigenvalue weighted by atomic mass is 16.5. The van der Waals surface area contributed by atoms with Crippen molar-refractivity contribution in [3.8, 4) is 0 Å². The molecule has 8 atom stereocenters. The van der Waals surface area contributed by atoms with E-state index in [1.807, 2.05) is 0 Å². The van der Waals surface area contributed by atoms with Crippen molar-refractivity contribution in [3.63, 3.8) is 0 Å². The van der Waals surface area contributed by atoms with Gasteiger partial charge in [-0.05, 0) is 127 Å². The average molecular weight is 736 g/mol. The fraction of sp³-hybridized carbons (Fsp3) is 0.565. The summed E-state index contributed by atoms with van der Waals surface area (Å²) in [5.74, 6) is -2.42. The van der Waals surface area contributed by atoms with Gasteiger partial charge < -0.3 is 20.3 Å². The molecule has 0 heterocycles. The maximum absolute atomic E-state index is 13.6. The number of benzene rings is 2. The minimum atomic E-state index is -1.14. The van der Waals surface area contributed by atoms with Crippen LogP contribution in [0.25, 0.3) is 0 Å². The van der Waals surface area contributed by atoms with E-state index in [1.165, 1.54) is 29.3 Å². The number of carboxylic acids is 2. The van der Waals surface area contributed by atoms with Crippen LogP contribution >= 0.6 is 0 Å². The molecule has 5 aliphatic rings. The number of aromatic carboxylic acids is 2. The summed E-state index contributed by atoms with van der Waals surface area (Å²) in [5, 5.41) is 22.7. The van der Waals surface area contributed by atoms with Crippen LogP contribution in [0, 0.1) is 44.3 Å². The smallest absolute Gasteiger partial charge is 0.339 e. The van der Waals surface area contributed by atoms with Crippen molar-refractivity contribution in [2.75, 3.05) is 6.61 Å². The second-order valence-corrected chi connectivity index (χ2v) is 19.3. The maximum Gasteiger partial charge on any atom is 0.339 e. The molecule has 0 aliphatic heterocycles. The van der Waals surface area contributed by atoms with Crippen LogP contribution in [0.15, 0.2) is 71.8 Å². The fourth-order valence-corrected chi connectivity index (χ4v) is 12.4. The lowest BCUT2D eigenvalue weighted by Crippen LogP contribution is -2.64. The van der Waals surface area contributed by atoms with Crippen LogP contribution in [-0.4, -0.2) is 46.7 Å². The molecule has 54 heavy (non-hydrogen) atoms. The zero-order chi connectivity index (χ0) is 39.1. The van der Waals surface area contributed by atoms with Crippen molar-refractivity contribution in [3.05, 3.63) is 94.1 Å². The quantitative estimate of drug-likeness (QED) is 0.242. The number of rotatable bonds is 7. The van der Waals surface area contributed by atoms with Crippen molar-refractivity contribution in [1.29, 1.82) is 0 Å². The van der Waals surface area contributed by atoms with E-state index < -0.39 is 17.9 Å². The molecule has 0 bridgehead atoms. The van der Waals surface area contributed by atoms with Crippen LogP contribution in [0.2, 0.25) is 0 Å². The van der Waals surface area contributed by atoms with Gasteiger partial charge >= 0.3 is 17.9 Å². The van der Waals surface area contributed by atoms with Gasteiger partial charge in [0.05, 0.1) is 28.9 Å². The first kappa shape index (κ1) is 38.1. The number of carbonyl (C=O) groups is 4. The number of hydrogen-bond acceptors (Lipinski definition) is 5. The van der Waals surface area contributed by atoms with Crippen molar-refractivity contribution in [2.45, 2.75) is 112 Å². The van der Waals surface area contributed by atoms with Crippen molar-refractivity contribution < 1.29 is 34.1 Å². The largest absolute Gasteiger partial charge is 0.478 e. The number of carboxylic acid groups (broad SMARTS) is 2. The van der Waals surface area contributed by atoms with E-state index in [-0.39, 0.29) is 73.3 Å². The molecule has 0 aromatic heterocycles. The first-order valence-corrected chi connectivity index (χ1v) is 19.8. The summed E-state index contributed by atoms with van der Waals surface area (Å²) in [6.07, 6.45) is 14.0. The monoisotopic (exact) mass is 735 g/mol. The third kappa shape index (κ3) is 5.76. The van der Waals surface area contributed by atoms with E-state index in [0.717, 1.165) is 57.8 Å². The van der Waals surface area contributed by atoms with Gasteiger partial charge in [0.2, 0.25) is 0 Å². The molecule has 288 valence electrons. The first-order valence-electron chi connectivity index (χ1n) is 19.8. The molecule has 3 N–H and O–H groups in total. The lowest BCUT2D eigenvalue weighted by Gasteiger charge is -2.69. The van der Waals surface area contributed by atoms with Gasteiger partial charge in [0.25, 0.3) is 5.91 Å². The van der Waals surface area contributed by atoms with Gasteiger partial charge in [-0.1, -0.05) is 90.5 Å². The van der Waals surface area contributed by atoms with Crippen molar-refractivity contribution >= 4 is 23.8 Å². The summed E-state index contributed by atoms with van der Waals surface area (Å²) >= 11 is 0. The molecule has 0 unspecified atom stereocenters. The molecule has 0 saturated heterocycles. The Balaban J connectivity index is 1.15. The van der Waals surface area contributed by atoms with Crippen LogP contribution < -0.4 is 5.32 Å². The number of carbonyl (C=O) groups excluding carboxylic acids is 2. The lowest BCUT2D eigenvalue weighted by molar-refractivity contribution is -0.158. The second kappa shape index (κ2) is 12.9. The number of fused-ring (bicyclic) bond motifs is 6. The summed E-state index contributed by atoms with van der Waals surface area (Å²) < 4.78 is 5.91. The van der Waals surface area contributed by atoms with Gasteiger partial charge in [-0.3, -0.25) is 4.79 Å². The Morgan fingerprint density at radius 3 is 1.98 bits per heavy atom. The van der Waals surface area contributed by atoms with Gasteiger partial charge in [0.15, 0.2) is 0 Å². The van der Waals surface area contributed by atoms with E-state index in [1.54, 1.807) is 30.3 Å². The number of allylic oxidation sites excluding steroid dienone is 4. The summed E-state index contributed by atoms with van der Waals surface area (Å²) in [5.41, 5.74) is 2.90. The Morgan fingerprint density at radius 2 is 1.33 bits per heavy atom. The molecular formula is C46H57NO7. The summed E-state index contributed by atoms with van der Waals surface area (Å²) in [7, 11) is 0. The van der Waals surface area contributed by atoms with Gasteiger partial charge in [-0.25, -0.2) is 14.4 Å².